The summed E-state index contributed by atoms with van der Waals surface area (Å²) < 4.78 is 0. The van der Waals surface area contributed by atoms with Gasteiger partial charge in [-0.05, 0) is 0 Å². The molecule has 5 heteroatoms. The first-order valence-electron chi connectivity index (χ1n) is 3.89. The highest BCUT2D eigenvalue weighted by molar-refractivity contribution is 5.80. The van der Waals surface area contributed by atoms with Gasteiger partial charge in [0.25, 0.3) is 0 Å². The molecule has 0 aliphatic carbocycles. The number of rotatable bonds is 1. The zero-order valence-corrected chi connectivity index (χ0v) is 6.75. The minimum absolute atomic E-state index is 0.0387. The van der Waals surface area contributed by atoms with Gasteiger partial charge in [0.2, 0.25) is 11.8 Å². The zero-order valence-electron chi connectivity index (χ0n) is 6.75. The number of hydrogen-bond donors (Lipinski definition) is 2. The van der Waals surface area contributed by atoms with E-state index in [-0.39, 0.29) is 11.8 Å². The first kappa shape index (κ1) is 8.99. The van der Waals surface area contributed by atoms with Gasteiger partial charge in [0.1, 0.15) is 6.61 Å². The number of amides is 2. The molecule has 1 aliphatic heterocycles. The molecule has 1 rings (SSSR count). The first-order chi connectivity index (χ1) is 5.74. The van der Waals surface area contributed by atoms with Crippen LogP contribution in [0, 0.1) is 0 Å². The normalized spacial score (nSPS) is 18.4. The van der Waals surface area contributed by atoms with Gasteiger partial charge in [-0.2, -0.15) is 0 Å². The minimum atomic E-state index is -0.478. The van der Waals surface area contributed by atoms with Gasteiger partial charge in [-0.3, -0.25) is 9.59 Å². The highest BCUT2D eigenvalue weighted by Gasteiger charge is 2.16. The fraction of sp³-hybridized carbons (Fsp3) is 0.714. The monoisotopic (exact) mass is 172 g/mol. The number of carbonyl (C=O) groups is 2. The van der Waals surface area contributed by atoms with Crippen molar-refractivity contribution in [1.82, 2.24) is 10.2 Å². The van der Waals surface area contributed by atoms with E-state index >= 15 is 0 Å². The van der Waals surface area contributed by atoms with Crippen LogP contribution in [0.15, 0.2) is 0 Å². The van der Waals surface area contributed by atoms with E-state index in [2.05, 4.69) is 5.32 Å². The molecule has 0 radical (unpaired) electrons. The molecule has 0 saturated carbocycles. The highest BCUT2D eigenvalue weighted by atomic mass is 16.3. The van der Waals surface area contributed by atoms with Gasteiger partial charge in [-0.25, -0.2) is 0 Å². The lowest BCUT2D eigenvalue weighted by Gasteiger charge is -2.17. The van der Waals surface area contributed by atoms with E-state index in [1.165, 1.54) is 4.90 Å². The van der Waals surface area contributed by atoms with E-state index in [1.54, 1.807) is 0 Å². The average Bonchev–Trinajstić information content (AvgIpc) is 2.29. The SMILES string of the molecule is O=C1CCN(C(=O)CO)CCN1. The van der Waals surface area contributed by atoms with Crippen molar-refractivity contribution in [1.29, 1.82) is 0 Å². The topological polar surface area (TPSA) is 69.6 Å². The predicted molar refractivity (Wildman–Crippen MR) is 41.3 cm³/mol. The molecule has 0 bridgehead atoms. The summed E-state index contributed by atoms with van der Waals surface area (Å²) in [6.45, 7) is 0.898. The summed E-state index contributed by atoms with van der Waals surface area (Å²) in [5.74, 6) is -0.352. The van der Waals surface area contributed by atoms with E-state index in [0.717, 1.165) is 0 Å². The molecule has 0 unspecified atom stereocenters. The Hall–Kier alpha value is -1.10. The Kier molecular flexibility index (Phi) is 3.04. The molecule has 1 aliphatic rings. The molecule has 1 heterocycles. The minimum Gasteiger partial charge on any atom is -0.387 e. The smallest absolute Gasteiger partial charge is 0.248 e. The van der Waals surface area contributed by atoms with Crippen LogP contribution in [-0.2, 0) is 9.59 Å². The number of nitrogens with one attached hydrogen (secondary N) is 1. The summed E-state index contributed by atoms with van der Waals surface area (Å²) in [6, 6.07) is 0. The van der Waals surface area contributed by atoms with Gasteiger partial charge in [0.05, 0.1) is 0 Å². The molecule has 2 N–H and O–H groups in total. The lowest BCUT2D eigenvalue weighted by Crippen LogP contribution is -2.35. The molecular formula is C7H12N2O3. The number of aliphatic hydroxyl groups excluding tert-OH is 1. The van der Waals surface area contributed by atoms with E-state index in [0.29, 0.717) is 26.1 Å². The third-order valence-electron chi connectivity index (χ3n) is 1.80. The van der Waals surface area contributed by atoms with E-state index in [1.807, 2.05) is 0 Å². The lowest BCUT2D eigenvalue weighted by atomic mass is 10.4. The van der Waals surface area contributed by atoms with Crippen LogP contribution in [0.5, 0.6) is 0 Å². The second-order valence-electron chi connectivity index (χ2n) is 2.64. The molecule has 12 heavy (non-hydrogen) atoms. The van der Waals surface area contributed by atoms with Crippen molar-refractivity contribution >= 4 is 11.8 Å². The molecule has 0 atom stereocenters. The molecule has 1 fully saturated rings. The second-order valence-corrected chi connectivity index (χ2v) is 2.64. The third-order valence-corrected chi connectivity index (χ3v) is 1.80. The van der Waals surface area contributed by atoms with Crippen LogP contribution in [0.25, 0.3) is 0 Å². The van der Waals surface area contributed by atoms with Crippen LogP contribution in [-0.4, -0.2) is 48.1 Å². The number of aliphatic hydroxyl groups is 1. The van der Waals surface area contributed by atoms with E-state index < -0.39 is 6.61 Å². The van der Waals surface area contributed by atoms with Crippen LogP contribution in [0.3, 0.4) is 0 Å². The molecule has 2 amide bonds. The van der Waals surface area contributed by atoms with Crippen molar-refractivity contribution in [3.05, 3.63) is 0 Å². The van der Waals surface area contributed by atoms with Crippen LogP contribution in [0.4, 0.5) is 0 Å². The van der Waals surface area contributed by atoms with Crippen LogP contribution in [0.2, 0.25) is 0 Å². The first-order valence-corrected chi connectivity index (χ1v) is 3.89. The highest BCUT2D eigenvalue weighted by Crippen LogP contribution is 1.96. The van der Waals surface area contributed by atoms with Crippen molar-refractivity contribution < 1.29 is 14.7 Å². The average molecular weight is 172 g/mol. The summed E-state index contributed by atoms with van der Waals surface area (Å²) in [5.41, 5.74) is 0. The van der Waals surface area contributed by atoms with Gasteiger partial charge in [0, 0.05) is 26.1 Å². The van der Waals surface area contributed by atoms with Crippen molar-refractivity contribution in [3.63, 3.8) is 0 Å². The molecule has 0 aromatic heterocycles. The van der Waals surface area contributed by atoms with Gasteiger partial charge < -0.3 is 15.3 Å². The predicted octanol–water partition coefficient (Wildman–Crippen LogP) is -1.67. The summed E-state index contributed by atoms with van der Waals surface area (Å²) in [5, 5.41) is 11.2. The number of carbonyl (C=O) groups excluding carboxylic acids is 2. The Balaban J connectivity index is 2.45. The standard InChI is InChI=1S/C7H12N2O3/c10-5-7(12)9-3-1-6(11)8-2-4-9/h10H,1-5H2,(H,8,11). The van der Waals surface area contributed by atoms with Crippen molar-refractivity contribution in [2.24, 2.45) is 0 Å². The Morgan fingerprint density at radius 3 is 3.00 bits per heavy atom. The lowest BCUT2D eigenvalue weighted by molar-refractivity contribution is -0.134. The zero-order chi connectivity index (χ0) is 8.97. The van der Waals surface area contributed by atoms with Gasteiger partial charge in [-0.15, -0.1) is 0 Å². The second kappa shape index (κ2) is 4.06. The van der Waals surface area contributed by atoms with Crippen molar-refractivity contribution in [2.75, 3.05) is 26.2 Å². The fourth-order valence-electron chi connectivity index (χ4n) is 1.12. The molecule has 1 saturated heterocycles. The number of nitrogens with zero attached hydrogens (tertiary/aromatic N) is 1. The molecule has 0 aromatic rings. The molecule has 0 aromatic carbocycles. The van der Waals surface area contributed by atoms with Gasteiger partial charge >= 0.3 is 0 Å². The quantitative estimate of drug-likeness (QED) is 0.496. The molecule has 5 nitrogen and oxygen atoms in total. The molecule has 68 valence electrons. The maximum atomic E-state index is 11.0. The van der Waals surface area contributed by atoms with E-state index in [4.69, 9.17) is 5.11 Å². The summed E-state index contributed by atoms with van der Waals surface area (Å²) in [4.78, 5) is 23.3. The van der Waals surface area contributed by atoms with Gasteiger partial charge in [-0.1, -0.05) is 0 Å². The van der Waals surface area contributed by atoms with E-state index in [9.17, 15) is 9.59 Å². The summed E-state index contributed by atoms with van der Waals surface area (Å²) in [7, 11) is 0. The summed E-state index contributed by atoms with van der Waals surface area (Å²) >= 11 is 0. The van der Waals surface area contributed by atoms with Crippen LogP contribution >= 0.6 is 0 Å². The van der Waals surface area contributed by atoms with Crippen molar-refractivity contribution in [2.45, 2.75) is 6.42 Å². The molecular weight excluding hydrogens is 160 g/mol. The Labute approximate surface area is 70.4 Å². The third kappa shape index (κ3) is 2.20. The number of hydrogen-bond acceptors (Lipinski definition) is 3. The largest absolute Gasteiger partial charge is 0.387 e. The fourth-order valence-corrected chi connectivity index (χ4v) is 1.12. The van der Waals surface area contributed by atoms with Crippen LogP contribution < -0.4 is 5.32 Å². The van der Waals surface area contributed by atoms with Gasteiger partial charge in [0.15, 0.2) is 0 Å². The maximum Gasteiger partial charge on any atom is 0.248 e. The van der Waals surface area contributed by atoms with Crippen LogP contribution in [0.1, 0.15) is 6.42 Å². The Bertz CT molecular complexity index is 193. The maximum absolute atomic E-state index is 11.0. The summed E-state index contributed by atoms with van der Waals surface area (Å²) in [6.07, 6.45) is 0.325. The Morgan fingerprint density at radius 1 is 1.58 bits per heavy atom. The molecule has 0 spiro atoms. The van der Waals surface area contributed by atoms with Crippen molar-refractivity contribution in [3.8, 4) is 0 Å². The Morgan fingerprint density at radius 2 is 2.33 bits per heavy atom.